The number of para-hydroxylation sites is 3. The van der Waals surface area contributed by atoms with Crippen molar-refractivity contribution in [1.29, 1.82) is 0 Å². The lowest BCUT2D eigenvalue weighted by molar-refractivity contribution is 0.670. The van der Waals surface area contributed by atoms with Crippen molar-refractivity contribution in [2.24, 2.45) is 0 Å². The van der Waals surface area contributed by atoms with E-state index in [4.69, 9.17) is 4.42 Å². The van der Waals surface area contributed by atoms with Crippen LogP contribution in [0, 0.1) is 0 Å². The Morgan fingerprint density at radius 1 is 0.333 bits per heavy atom. The number of aromatic nitrogens is 1. The normalized spacial score (nSPS) is 11.5. The number of nitrogens with zero attached hydrogens (tertiary/aromatic N) is 2. The van der Waals surface area contributed by atoms with Gasteiger partial charge in [0.25, 0.3) is 0 Å². The fraction of sp³-hybridized carbons (Fsp3) is 0. The van der Waals surface area contributed by atoms with E-state index in [0.717, 1.165) is 61.4 Å². The number of rotatable bonds is 7. The molecule has 0 aliphatic rings. The fourth-order valence-corrected chi connectivity index (χ4v) is 8.50. The van der Waals surface area contributed by atoms with Gasteiger partial charge in [0.2, 0.25) is 0 Å². The van der Waals surface area contributed by atoms with Crippen LogP contribution in [0.2, 0.25) is 0 Å². The first-order chi connectivity index (χ1) is 28.3. The van der Waals surface area contributed by atoms with Gasteiger partial charge in [-0.1, -0.05) is 152 Å². The lowest BCUT2D eigenvalue weighted by Gasteiger charge is -2.27. The van der Waals surface area contributed by atoms with Gasteiger partial charge in [-0.15, -0.1) is 0 Å². The summed E-state index contributed by atoms with van der Waals surface area (Å²) < 4.78 is 9.15. The molecule has 0 N–H and O–H groups in total. The third kappa shape index (κ3) is 5.68. The molecule has 3 nitrogen and oxygen atoms in total. The Kier molecular flexibility index (Phi) is 7.82. The summed E-state index contributed by atoms with van der Waals surface area (Å²) in [7, 11) is 0. The minimum absolute atomic E-state index is 0.870. The summed E-state index contributed by atoms with van der Waals surface area (Å²) in [5.41, 5.74) is 15.2. The average Bonchev–Trinajstić information content (AvgIpc) is 3.83. The average molecular weight is 729 g/mol. The Bertz CT molecular complexity index is 3180. The van der Waals surface area contributed by atoms with Gasteiger partial charge in [-0.25, -0.2) is 0 Å². The van der Waals surface area contributed by atoms with Gasteiger partial charge in [-0.05, 0) is 94.5 Å². The molecule has 0 saturated carbocycles. The highest BCUT2D eigenvalue weighted by molar-refractivity contribution is 6.12. The number of anilines is 3. The molecular weight excluding hydrogens is 693 g/mol. The Labute approximate surface area is 330 Å². The van der Waals surface area contributed by atoms with Crippen molar-refractivity contribution in [3.05, 3.63) is 218 Å². The number of fused-ring (bicyclic) bond motifs is 6. The second-order valence-electron chi connectivity index (χ2n) is 14.6. The van der Waals surface area contributed by atoms with Crippen LogP contribution >= 0.6 is 0 Å². The second kappa shape index (κ2) is 13.6. The molecule has 57 heavy (non-hydrogen) atoms. The predicted molar refractivity (Wildman–Crippen MR) is 239 cm³/mol. The summed E-state index contributed by atoms with van der Waals surface area (Å²) in [5, 5.41) is 4.65. The minimum atomic E-state index is 0.870. The highest BCUT2D eigenvalue weighted by atomic mass is 16.3. The summed E-state index contributed by atoms with van der Waals surface area (Å²) in [6, 6.07) is 78.1. The molecule has 0 atom stereocenters. The van der Waals surface area contributed by atoms with Crippen molar-refractivity contribution in [3.63, 3.8) is 0 Å². The number of hydrogen-bond donors (Lipinski definition) is 0. The van der Waals surface area contributed by atoms with Crippen molar-refractivity contribution in [2.75, 3.05) is 4.90 Å². The summed E-state index contributed by atoms with van der Waals surface area (Å²) in [6.45, 7) is 0. The Morgan fingerprint density at radius 2 is 0.895 bits per heavy atom. The third-order valence-corrected chi connectivity index (χ3v) is 11.2. The van der Waals surface area contributed by atoms with Crippen LogP contribution in [0.5, 0.6) is 0 Å². The predicted octanol–water partition coefficient (Wildman–Crippen LogP) is 15.2. The molecule has 268 valence electrons. The standard InChI is InChI=1S/C54H36N2O/c1-3-15-37(16-4-1)39-29-31-42(32-30-39)55(43-21-13-19-40(33-43)38-17-5-2-6-18-38)45-35-49(54-50(36-45)48-25-9-12-28-53(48)57-54)41-20-14-22-44(34-41)56-51-26-10-7-23-46(51)47-24-8-11-27-52(47)56/h1-36H. The number of hydrogen-bond acceptors (Lipinski definition) is 2. The van der Waals surface area contributed by atoms with Crippen molar-refractivity contribution in [2.45, 2.75) is 0 Å². The molecular formula is C54H36N2O. The van der Waals surface area contributed by atoms with Crippen molar-refractivity contribution in [1.82, 2.24) is 4.57 Å². The molecule has 0 radical (unpaired) electrons. The van der Waals surface area contributed by atoms with Gasteiger partial charge in [0.15, 0.2) is 0 Å². The van der Waals surface area contributed by atoms with Gasteiger partial charge in [0.1, 0.15) is 11.2 Å². The van der Waals surface area contributed by atoms with E-state index in [2.05, 4.69) is 222 Å². The van der Waals surface area contributed by atoms with E-state index in [-0.39, 0.29) is 0 Å². The maximum Gasteiger partial charge on any atom is 0.143 e. The first kappa shape index (κ1) is 32.8. The summed E-state index contributed by atoms with van der Waals surface area (Å²) >= 11 is 0. The fourth-order valence-electron chi connectivity index (χ4n) is 8.50. The quantitative estimate of drug-likeness (QED) is 0.163. The monoisotopic (exact) mass is 728 g/mol. The van der Waals surface area contributed by atoms with Crippen LogP contribution in [0.4, 0.5) is 17.1 Å². The van der Waals surface area contributed by atoms with Gasteiger partial charge in [0.05, 0.1) is 11.0 Å². The molecule has 0 bridgehead atoms. The minimum Gasteiger partial charge on any atom is -0.455 e. The van der Waals surface area contributed by atoms with E-state index in [1.54, 1.807) is 0 Å². The number of furan rings is 1. The second-order valence-corrected chi connectivity index (χ2v) is 14.6. The van der Waals surface area contributed by atoms with Crippen LogP contribution in [0.3, 0.4) is 0 Å². The van der Waals surface area contributed by atoms with Gasteiger partial charge < -0.3 is 13.9 Å². The van der Waals surface area contributed by atoms with E-state index < -0.39 is 0 Å². The van der Waals surface area contributed by atoms with Gasteiger partial charge in [-0.3, -0.25) is 0 Å². The first-order valence-corrected chi connectivity index (χ1v) is 19.4. The Balaban J connectivity index is 1.14. The van der Waals surface area contributed by atoms with Crippen LogP contribution < -0.4 is 4.90 Å². The van der Waals surface area contributed by atoms with E-state index in [0.29, 0.717) is 0 Å². The van der Waals surface area contributed by atoms with E-state index in [9.17, 15) is 0 Å². The summed E-state index contributed by atoms with van der Waals surface area (Å²) in [5.74, 6) is 0. The van der Waals surface area contributed by atoms with E-state index in [1.807, 2.05) is 6.07 Å². The largest absolute Gasteiger partial charge is 0.455 e. The van der Waals surface area contributed by atoms with Crippen molar-refractivity contribution in [3.8, 4) is 39.1 Å². The maximum absolute atomic E-state index is 6.77. The molecule has 0 unspecified atom stereocenters. The first-order valence-electron chi connectivity index (χ1n) is 19.4. The third-order valence-electron chi connectivity index (χ3n) is 11.2. The van der Waals surface area contributed by atoms with Crippen LogP contribution in [0.1, 0.15) is 0 Å². The molecule has 0 spiro atoms. The van der Waals surface area contributed by atoms with E-state index >= 15 is 0 Å². The van der Waals surface area contributed by atoms with Crippen LogP contribution in [0.15, 0.2) is 223 Å². The highest BCUT2D eigenvalue weighted by Crippen LogP contribution is 2.45. The Hall–Kier alpha value is -7.62. The number of benzene rings is 9. The SMILES string of the molecule is c1ccc(-c2ccc(N(c3cccc(-c4ccccc4)c3)c3cc(-c4cccc(-n5c6ccccc6c6ccccc65)c4)c4oc5ccccc5c4c3)cc2)cc1. The molecule has 11 rings (SSSR count). The van der Waals surface area contributed by atoms with Gasteiger partial charge >= 0.3 is 0 Å². The van der Waals surface area contributed by atoms with Crippen molar-refractivity contribution < 1.29 is 4.42 Å². The van der Waals surface area contributed by atoms with Crippen LogP contribution in [-0.2, 0) is 0 Å². The lowest BCUT2D eigenvalue weighted by atomic mass is 9.99. The summed E-state index contributed by atoms with van der Waals surface area (Å²) in [6.07, 6.45) is 0. The van der Waals surface area contributed by atoms with Crippen molar-refractivity contribution >= 4 is 60.8 Å². The molecule has 3 heteroatoms. The van der Waals surface area contributed by atoms with Gasteiger partial charge in [0, 0.05) is 49.9 Å². The molecule has 0 saturated heterocycles. The lowest BCUT2D eigenvalue weighted by Crippen LogP contribution is -2.10. The molecule has 2 heterocycles. The molecule has 0 aliphatic carbocycles. The maximum atomic E-state index is 6.77. The zero-order chi connectivity index (χ0) is 37.7. The highest BCUT2D eigenvalue weighted by Gasteiger charge is 2.21. The Morgan fingerprint density at radius 3 is 1.61 bits per heavy atom. The molecule has 0 amide bonds. The smallest absolute Gasteiger partial charge is 0.143 e. The zero-order valence-corrected chi connectivity index (χ0v) is 31.1. The molecule has 11 aromatic rings. The topological polar surface area (TPSA) is 21.3 Å². The molecule has 0 aliphatic heterocycles. The van der Waals surface area contributed by atoms with Crippen LogP contribution in [-0.4, -0.2) is 4.57 Å². The summed E-state index contributed by atoms with van der Waals surface area (Å²) in [4.78, 5) is 2.38. The van der Waals surface area contributed by atoms with Crippen LogP contribution in [0.25, 0.3) is 82.8 Å². The molecule has 9 aromatic carbocycles. The van der Waals surface area contributed by atoms with E-state index in [1.165, 1.54) is 38.5 Å². The molecule has 0 fully saturated rings. The molecule has 2 aromatic heterocycles. The van der Waals surface area contributed by atoms with Gasteiger partial charge in [-0.2, -0.15) is 0 Å². The zero-order valence-electron chi connectivity index (χ0n) is 31.1.